The van der Waals surface area contributed by atoms with Crippen LogP contribution in [0, 0.1) is 0 Å². The average Bonchev–Trinajstić information content (AvgIpc) is 2.37. The van der Waals surface area contributed by atoms with Crippen LogP contribution in [0.25, 0.3) is 0 Å². The minimum atomic E-state index is -1.64. The van der Waals surface area contributed by atoms with Crippen molar-refractivity contribution in [2.45, 2.75) is 13.3 Å². The third kappa shape index (κ3) is 5.20. The predicted octanol–water partition coefficient (Wildman–Crippen LogP) is 0.176. The molecule has 1 amide bonds. The van der Waals surface area contributed by atoms with Gasteiger partial charge in [-0.15, -0.1) is 0 Å². The second-order valence-corrected chi connectivity index (χ2v) is 4.32. The molecule has 0 saturated heterocycles. The Morgan fingerprint density at radius 1 is 1.47 bits per heavy atom. The summed E-state index contributed by atoms with van der Waals surface area (Å²) in [5, 5.41) is 20.9. The molecule has 0 heterocycles. The van der Waals surface area contributed by atoms with Crippen LogP contribution in [0.3, 0.4) is 0 Å². The molecule has 0 aliphatic carbocycles. The summed E-state index contributed by atoms with van der Waals surface area (Å²) >= 11 is 5.85. The summed E-state index contributed by atoms with van der Waals surface area (Å²) in [5.41, 5.74) is 0.556. The standard InChI is InChI=1S/C12H17BClNO4/c1-2-19-7-3-6-15-12(16)9-4-5-10(13(17)18)11(14)8-9/h4-5,8,17-18H,2-3,6-7H2,1H3,(H,15,16). The van der Waals surface area contributed by atoms with Gasteiger partial charge in [0.15, 0.2) is 0 Å². The van der Waals surface area contributed by atoms with E-state index in [0.29, 0.717) is 25.3 Å². The van der Waals surface area contributed by atoms with E-state index in [1.165, 1.54) is 18.2 Å². The molecule has 1 rings (SSSR count). The zero-order chi connectivity index (χ0) is 14.3. The number of carbonyl (C=O) groups is 1. The lowest BCUT2D eigenvalue weighted by Crippen LogP contribution is -2.32. The van der Waals surface area contributed by atoms with E-state index in [-0.39, 0.29) is 16.4 Å². The molecule has 0 spiro atoms. The molecule has 104 valence electrons. The summed E-state index contributed by atoms with van der Waals surface area (Å²) in [7, 11) is -1.64. The molecule has 0 aromatic heterocycles. The molecule has 1 aromatic carbocycles. The number of nitrogens with one attached hydrogen (secondary N) is 1. The van der Waals surface area contributed by atoms with Gasteiger partial charge >= 0.3 is 7.12 Å². The van der Waals surface area contributed by atoms with Crippen molar-refractivity contribution >= 4 is 30.1 Å². The second-order valence-electron chi connectivity index (χ2n) is 3.92. The van der Waals surface area contributed by atoms with Gasteiger partial charge in [0, 0.05) is 35.8 Å². The first-order valence-electron chi connectivity index (χ1n) is 6.07. The SMILES string of the molecule is CCOCCCNC(=O)c1ccc(B(O)O)c(Cl)c1. The summed E-state index contributed by atoms with van der Waals surface area (Å²) in [5.74, 6) is -0.252. The first-order valence-corrected chi connectivity index (χ1v) is 6.45. The van der Waals surface area contributed by atoms with Crippen LogP contribution in [-0.2, 0) is 4.74 Å². The highest BCUT2D eigenvalue weighted by Crippen LogP contribution is 2.09. The molecule has 5 nitrogen and oxygen atoms in total. The molecule has 7 heteroatoms. The van der Waals surface area contributed by atoms with Gasteiger partial charge in [0.1, 0.15) is 0 Å². The first-order chi connectivity index (χ1) is 9.06. The number of halogens is 1. The number of amides is 1. The van der Waals surface area contributed by atoms with Gasteiger partial charge < -0.3 is 20.1 Å². The van der Waals surface area contributed by atoms with Gasteiger partial charge in [0.25, 0.3) is 5.91 Å². The Balaban J connectivity index is 2.51. The first kappa shape index (κ1) is 16.0. The van der Waals surface area contributed by atoms with Crippen LogP contribution in [-0.4, -0.2) is 42.8 Å². The van der Waals surface area contributed by atoms with E-state index < -0.39 is 7.12 Å². The van der Waals surface area contributed by atoms with E-state index in [1.807, 2.05) is 6.92 Å². The van der Waals surface area contributed by atoms with Gasteiger partial charge in [-0.25, -0.2) is 0 Å². The topological polar surface area (TPSA) is 78.8 Å². The van der Waals surface area contributed by atoms with Crippen LogP contribution in [0.2, 0.25) is 5.02 Å². The van der Waals surface area contributed by atoms with E-state index in [4.69, 9.17) is 26.4 Å². The Morgan fingerprint density at radius 3 is 2.79 bits per heavy atom. The Bertz CT molecular complexity index is 428. The summed E-state index contributed by atoms with van der Waals surface area (Å²) in [6, 6.07) is 4.33. The Kier molecular flexibility index (Phi) is 6.87. The van der Waals surface area contributed by atoms with Gasteiger partial charge in [-0.2, -0.15) is 0 Å². The van der Waals surface area contributed by atoms with Gasteiger partial charge in [-0.1, -0.05) is 17.7 Å². The maximum Gasteiger partial charge on any atom is 0.489 e. The van der Waals surface area contributed by atoms with E-state index in [2.05, 4.69) is 5.32 Å². The molecule has 3 N–H and O–H groups in total. The lowest BCUT2D eigenvalue weighted by molar-refractivity contribution is 0.0944. The van der Waals surface area contributed by atoms with Crippen molar-refractivity contribution in [2.75, 3.05) is 19.8 Å². The van der Waals surface area contributed by atoms with Crippen molar-refractivity contribution in [1.29, 1.82) is 0 Å². The van der Waals surface area contributed by atoms with Gasteiger partial charge in [-0.05, 0) is 25.5 Å². The molecule has 19 heavy (non-hydrogen) atoms. The molecule has 0 saturated carbocycles. The Hall–Kier alpha value is -1.08. The van der Waals surface area contributed by atoms with Crippen molar-refractivity contribution < 1.29 is 19.6 Å². The number of hydrogen-bond acceptors (Lipinski definition) is 4. The summed E-state index contributed by atoms with van der Waals surface area (Å²) < 4.78 is 5.15. The minimum absolute atomic E-state index is 0.150. The number of carbonyl (C=O) groups excluding carboxylic acids is 1. The fourth-order valence-corrected chi connectivity index (χ4v) is 1.78. The van der Waals surface area contributed by atoms with E-state index in [0.717, 1.165) is 6.42 Å². The van der Waals surface area contributed by atoms with Crippen LogP contribution in [0.5, 0.6) is 0 Å². The lowest BCUT2D eigenvalue weighted by atomic mass is 9.80. The highest BCUT2D eigenvalue weighted by atomic mass is 35.5. The van der Waals surface area contributed by atoms with Crippen LogP contribution < -0.4 is 10.8 Å². The van der Waals surface area contributed by atoms with Crippen molar-refractivity contribution in [1.82, 2.24) is 5.32 Å². The molecule has 0 atom stereocenters. The fourth-order valence-electron chi connectivity index (χ4n) is 1.50. The summed E-state index contributed by atoms with van der Waals surface area (Å²) in [6.07, 6.45) is 0.737. The van der Waals surface area contributed by atoms with Gasteiger partial charge in [0.2, 0.25) is 0 Å². The molecule has 0 bridgehead atoms. The molecule has 0 unspecified atom stereocenters. The second kappa shape index (κ2) is 8.17. The van der Waals surface area contributed by atoms with Crippen molar-refractivity contribution in [2.24, 2.45) is 0 Å². The molecule has 1 aromatic rings. The zero-order valence-electron chi connectivity index (χ0n) is 10.7. The molecule has 0 radical (unpaired) electrons. The summed E-state index contributed by atoms with van der Waals surface area (Å²) in [6.45, 7) is 3.69. The van der Waals surface area contributed by atoms with Crippen molar-refractivity contribution in [3.8, 4) is 0 Å². The largest absolute Gasteiger partial charge is 0.489 e. The van der Waals surface area contributed by atoms with E-state index in [9.17, 15) is 4.79 Å². The Labute approximate surface area is 117 Å². The number of rotatable bonds is 7. The van der Waals surface area contributed by atoms with E-state index >= 15 is 0 Å². The highest BCUT2D eigenvalue weighted by molar-refractivity contribution is 6.62. The monoisotopic (exact) mass is 285 g/mol. The number of ether oxygens (including phenoxy) is 1. The van der Waals surface area contributed by atoms with Gasteiger partial charge in [0.05, 0.1) is 0 Å². The molecular formula is C12H17BClNO4. The van der Waals surface area contributed by atoms with Gasteiger partial charge in [-0.3, -0.25) is 4.79 Å². The smallest absolute Gasteiger partial charge is 0.423 e. The number of benzene rings is 1. The van der Waals surface area contributed by atoms with Crippen molar-refractivity contribution in [3.63, 3.8) is 0 Å². The van der Waals surface area contributed by atoms with Crippen molar-refractivity contribution in [3.05, 3.63) is 28.8 Å². The van der Waals surface area contributed by atoms with Crippen LogP contribution >= 0.6 is 11.6 Å². The highest BCUT2D eigenvalue weighted by Gasteiger charge is 2.16. The fraction of sp³-hybridized carbons (Fsp3) is 0.417. The third-order valence-electron chi connectivity index (χ3n) is 2.50. The molecule has 0 aliphatic rings. The van der Waals surface area contributed by atoms with Crippen LogP contribution in [0.15, 0.2) is 18.2 Å². The summed E-state index contributed by atoms with van der Waals surface area (Å²) in [4.78, 5) is 11.8. The van der Waals surface area contributed by atoms with Crippen LogP contribution in [0.1, 0.15) is 23.7 Å². The number of hydrogen-bond donors (Lipinski definition) is 3. The lowest BCUT2D eigenvalue weighted by Gasteiger charge is -2.08. The third-order valence-corrected chi connectivity index (χ3v) is 2.82. The van der Waals surface area contributed by atoms with Crippen LogP contribution in [0.4, 0.5) is 0 Å². The minimum Gasteiger partial charge on any atom is -0.423 e. The molecule has 0 fully saturated rings. The maximum absolute atomic E-state index is 11.8. The molecular weight excluding hydrogens is 268 g/mol. The normalized spacial score (nSPS) is 10.3. The average molecular weight is 286 g/mol. The van der Waals surface area contributed by atoms with E-state index in [1.54, 1.807) is 0 Å². The molecule has 0 aliphatic heterocycles. The maximum atomic E-state index is 11.8. The quantitative estimate of drug-likeness (QED) is 0.493. The predicted molar refractivity (Wildman–Crippen MR) is 74.7 cm³/mol. The Morgan fingerprint density at radius 2 is 2.21 bits per heavy atom. The zero-order valence-corrected chi connectivity index (χ0v) is 11.5.